The van der Waals surface area contributed by atoms with Crippen LogP contribution in [0, 0.1) is 0 Å². The molecule has 1 aromatic rings. The fourth-order valence-electron chi connectivity index (χ4n) is 1.71. The van der Waals surface area contributed by atoms with Crippen molar-refractivity contribution in [3.05, 3.63) is 46.7 Å². The first-order valence-corrected chi connectivity index (χ1v) is 6.55. The van der Waals surface area contributed by atoms with Crippen LogP contribution >= 0.6 is 24.2 Å². The van der Waals surface area contributed by atoms with Gasteiger partial charge in [-0.1, -0.05) is 42.1 Å². The molecule has 0 atom stereocenters. The maximum absolute atomic E-state index is 5.58. The smallest absolute Gasteiger partial charge is 0.173 e. The van der Waals surface area contributed by atoms with Crippen molar-refractivity contribution in [3.63, 3.8) is 0 Å². The number of hydrogen-bond donors (Lipinski definition) is 0. The van der Waals surface area contributed by atoms with Crippen molar-refractivity contribution in [1.29, 1.82) is 0 Å². The lowest BCUT2D eigenvalue weighted by atomic mass is 10.2. The van der Waals surface area contributed by atoms with Gasteiger partial charge in [-0.2, -0.15) is 0 Å². The first-order chi connectivity index (χ1) is 7.81. The molecule has 0 aromatic heterocycles. The van der Waals surface area contributed by atoms with Gasteiger partial charge in [0.15, 0.2) is 5.09 Å². The maximum Gasteiger partial charge on any atom is 0.173 e. The predicted octanol–water partition coefficient (Wildman–Crippen LogP) is 3.84. The van der Waals surface area contributed by atoms with Gasteiger partial charge in [-0.3, -0.25) is 0 Å². The van der Waals surface area contributed by atoms with E-state index in [4.69, 9.17) is 4.74 Å². The van der Waals surface area contributed by atoms with E-state index in [0.29, 0.717) is 0 Å². The molecule has 0 spiro atoms. The number of benzene rings is 1. The molecule has 1 heterocycles. The van der Waals surface area contributed by atoms with E-state index in [0.717, 1.165) is 24.1 Å². The van der Waals surface area contributed by atoms with Gasteiger partial charge in [0.2, 0.25) is 0 Å². The average molecular weight is 272 g/mol. The normalized spacial score (nSPS) is 14.8. The summed E-state index contributed by atoms with van der Waals surface area (Å²) in [5, 5.41) is 1.08. The number of ether oxygens (including phenoxy) is 1. The van der Waals surface area contributed by atoms with E-state index in [1.165, 1.54) is 11.3 Å². The number of rotatable bonds is 4. The van der Waals surface area contributed by atoms with Crippen molar-refractivity contribution < 1.29 is 4.74 Å². The van der Waals surface area contributed by atoms with E-state index in [1.807, 2.05) is 6.92 Å². The number of allylic oxidation sites excluding steroid dienone is 1. The first-order valence-electron chi connectivity index (χ1n) is 5.56. The molecule has 0 radical (unpaired) electrons. The van der Waals surface area contributed by atoms with Gasteiger partial charge in [-0.15, -0.1) is 12.4 Å². The molecule has 17 heavy (non-hydrogen) atoms. The number of halogens is 1. The molecule has 0 N–H and O–H groups in total. The van der Waals surface area contributed by atoms with Crippen LogP contribution in [0.5, 0.6) is 0 Å². The molecular weight excluding hydrogens is 254 g/mol. The van der Waals surface area contributed by atoms with E-state index in [9.17, 15) is 0 Å². The summed E-state index contributed by atoms with van der Waals surface area (Å²) in [5.41, 5.74) is 2.61. The summed E-state index contributed by atoms with van der Waals surface area (Å²) >= 11 is 1.79. The predicted molar refractivity (Wildman–Crippen MR) is 76.0 cm³/mol. The quantitative estimate of drug-likeness (QED) is 0.826. The molecule has 0 fully saturated rings. The van der Waals surface area contributed by atoms with Crippen LogP contribution in [0.1, 0.15) is 19.4 Å². The minimum Gasteiger partial charge on any atom is -0.486 e. The Hall–Kier alpha value is -0.800. The SMILES string of the molecule is CCOC1=C(C)N(Cc2ccccc2)CS1.Cl. The van der Waals surface area contributed by atoms with Gasteiger partial charge in [0, 0.05) is 6.54 Å². The zero-order valence-corrected chi connectivity index (χ0v) is 11.8. The Labute approximate surface area is 113 Å². The van der Waals surface area contributed by atoms with Crippen molar-refractivity contribution in [2.45, 2.75) is 20.4 Å². The summed E-state index contributed by atoms with van der Waals surface area (Å²) in [6.07, 6.45) is 0. The Balaban J connectivity index is 0.00000144. The third-order valence-corrected chi connectivity index (χ3v) is 3.73. The second kappa shape index (κ2) is 6.82. The molecular formula is C13H18ClNOS. The van der Waals surface area contributed by atoms with Crippen molar-refractivity contribution in [3.8, 4) is 0 Å². The largest absolute Gasteiger partial charge is 0.486 e. The molecule has 1 aromatic carbocycles. The molecule has 0 amide bonds. The summed E-state index contributed by atoms with van der Waals surface area (Å²) in [7, 11) is 0. The molecule has 0 saturated heterocycles. The number of thioether (sulfide) groups is 1. The highest BCUT2D eigenvalue weighted by Gasteiger charge is 2.20. The highest BCUT2D eigenvalue weighted by molar-refractivity contribution is 8.03. The summed E-state index contributed by atoms with van der Waals surface area (Å²) in [4.78, 5) is 2.35. The van der Waals surface area contributed by atoms with Crippen molar-refractivity contribution >= 4 is 24.2 Å². The lowest BCUT2D eigenvalue weighted by Gasteiger charge is -2.18. The van der Waals surface area contributed by atoms with Gasteiger partial charge in [-0.25, -0.2) is 0 Å². The van der Waals surface area contributed by atoms with Crippen molar-refractivity contribution in [2.24, 2.45) is 0 Å². The van der Waals surface area contributed by atoms with Gasteiger partial charge in [-0.05, 0) is 19.4 Å². The fraction of sp³-hybridized carbons (Fsp3) is 0.385. The molecule has 2 nitrogen and oxygen atoms in total. The van der Waals surface area contributed by atoms with E-state index >= 15 is 0 Å². The lowest BCUT2D eigenvalue weighted by Crippen LogP contribution is -2.16. The number of nitrogens with zero attached hydrogens (tertiary/aromatic N) is 1. The average Bonchev–Trinajstić information content (AvgIpc) is 2.64. The van der Waals surface area contributed by atoms with Crippen LogP contribution in [0.25, 0.3) is 0 Å². The van der Waals surface area contributed by atoms with Crippen LogP contribution < -0.4 is 0 Å². The van der Waals surface area contributed by atoms with E-state index in [-0.39, 0.29) is 12.4 Å². The van der Waals surface area contributed by atoms with Crippen LogP contribution in [-0.2, 0) is 11.3 Å². The van der Waals surface area contributed by atoms with Gasteiger partial charge in [0.1, 0.15) is 0 Å². The van der Waals surface area contributed by atoms with Gasteiger partial charge in [0.05, 0.1) is 18.2 Å². The highest BCUT2D eigenvalue weighted by Crippen LogP contribution is 2.33. The molecule has 94 valence electrons. The monoisotopic (exact) mass is 271 g/mol. The van der Waals surface area contributed by atoms with Crippen LogP contribution in [0.15, 0.2) is 41.1 Å². The second-order valence-corrected chi connectivity index (χ2v) is 4.68. The standard InChI is InChI=1S/C13H17NOS.ClH/c1-3-15-13-11(2)14(10-16-13)9-12-7-5-4-6-8-12;/h4-8H,3,9-10H2,1-2H3;1H. The highest BCUT2D eigenvalue weighted by atomic mass is 35.5. The van der Waals surface area contributed by atoms with E-state index in [1.54, 1.807) is 11.8 Å². The Morgan fingerprint density at radius 2 is 2.00 bits per heavy atom. The van der Waals surface area contributed by atoms with Gasteiger partial charge in [0.25, 0.3) is 0 Å². The van der Waals surface area contributed by atoms with Crippen molar-refractivity contribution in [1.82, 2.24) is 4.90 Å². The summed E-state index contributed by atoms with van der Waals surface area (Å²) in [5.74, 6) is 0.996. The van der Waals surface area contributed by atoms with Crippen molar-refractivity contribution in [2.75, 3.05) is 12.5 Å². The molecule has 0 unspecified atom stereocenters. The van der Waals surface area contributed by atoms with Crippen LogP contribution in [-0.4, -0.2) is 17.4 Å². The minimum absolute atomic E-state index is 0. The Morgan fingerprint density at radius 1 is 1.29 bits per heavy atom. The van der Waals surface area contributed by atoms with Gasteiger partial charge >= 0.3 is 0 Å². The zero-order valence-electron chi connectivity index (χ0n) is 10.2. The van der Waals surface area contributed by atoms with Gasteiger partial charge < -0.3 is 9.64 Å². The second-order valence-electron chi connectivity index (χ2n) is 3.76. The molecule has 4 heteroatoms. The van der Waals surface area contributed by atoms with E-state index < -0.39 is 0 Å². The fourth-order valence-corrected chi connectivity index (χ4v) is 2.81. The first kappa shape index (κ1) is 14.3. The Morgan fingerprint density at radius 3 is 2.65 bits per heavy atom. The molecule has 0 bridgehead atoms. The molecule has 0 aliphatic carbocycles. The topological polar surface area (TPSA) is 12.5 Å². The molecule has 0 saturated carbocycles. The summed E-state index contributed by atoms with van der Waals surface area (Å²) < 4.78 is 5.58. The van der Waals surface area contributed by atoms with Crippen LogP contribution in [0.2, 0.25) is 0 Å². The Kier molecular flexibility index (Phi) is 5.72. The van der Waals surface area contributed by atoms with Crippen LogP contribution in [0.4, 0.5) is 0 Å². The molecule has 1 aliphatic heterocycles. The molecule has 2 rings (SSSR count). The third-order valence-electron chi connectivity index (χ3n) is 2.61. The third kappa shape index (κ3) is 3.58. The van der Waals surface area contributed by atoms with E-state index in [2.05, 4.69) is 42.2 Å². The maximum atomic E-state index is 5.58. The number of hydrogen-bond acceptors (Lipinski definition) is 3. The Bertz CT molecular complexity index is 380. The summed E-state index contributed by atoms with van der Waals surface area (Å²) in [6, 6.07) is 10.5. The minimum atomic E-state index is 0. The molecule has 1 aliphatic rings. The van der Waals surface area contributed by atoms with Crippen LogP contribution in [0.3, 0.4) is 0 Å². The summed E-state index contributed by atoms with van der Waals surface area (Å²) in [6.45, 7) is 5.88. The lowest BCUT2D eigenvalue weighted by molar-refractivity contribution is 0.246. The zero-order chi connectivity index (χ0) is 11.4.